The van der Waals surface area contributed by atoms with Crippen LogP contribution in [0, 0.1) is 5.92 Å². The molecule has 1 fully saturated rings. The Morgan fingerprint density at radius 2 is 1.60 bits per heavy atom. The van der Waals surface area contributed by atoms with Gasteiger partial charge in [-0.1, -0.05) is 55.3 Å². The van der Waals surface area contributed by atoms with Crippen molar-refractivity contribution >= 4 is 28.9 Å². The highest BCUT2D eigenvalue weighted by Crippen LogP contribution is 2.26. The van der Waals surface area contributed by atoms with Crippen LogP contribution in [0.1, 0.15) is 44.1 Å². The predicted molar refractivity (Wildman–Crippen MR) is 107 cm³/mol. The van der Waals surface area contributed by atoms with E-state index < -0.39 is 0 Å². The lowest BCUT2D eigenvalue weighted by Crippen LogP contribution is -2.10. The monoisotopic (exact) mass is 377 g/mol. The molecule has 0 aliphatic heterocycles. The standard InChI is InChI=1S/C21H25Cl2NO/c22-18-12-17(13-19(23)14-18)15-24-20-6-8-21(9-7-20)25-11-10-16-4-2-1-3-5-16/h6-9,12-14,16,24H,1-5,10-11,15H2. The first-order valence-electron chi connectivity index (χ1n) is 9.11. The molecule has 2 aromatic rings. The van der Waals surface area contributed by atoms with Crippen molar-refractivity contribution in [2.45, 2.75) is 45.1 Å². The van der Waals surface area contributed by atoms with E-state index in [9.17, 15) is 0 Å². The number of hydrogen-bond acceptors (Lipinski definition) is 2. The molecule has 1 aliphatic rings. The molecule has 0 bridgehead atoms. The van der Waals surface area contributed by atoms with Crippen LogP contribution in [0.5, 0.6) is 5.75 Å². The molecule has 0 amide bonds. The molecule has 0 spiro atoms. The summed E-state index contributed by atoms with van der Waals surface area (Å²) in [5.74, 6) is 1.80. The summed E-state index contributed by atoms with van der Waals surface area (Å²) in [5.41, 5.74) is 2.11. The highest BCUT2D eigenvalue weighted by Gasteiger charge is 2.13. The van der Waals surface area contributed by atoms with E-state index in [0.29, 0.717) is 16.6 Å². The Balaban J connectivity index is 1.43. The first-order valence-corrected chi connectivity index (χ1v) is 9.86. The SMILES string of the molecule is Clc1cc(Cl)cc(CNc2ccc(OCCC3CCCCC3)cc2)c1. The van der Waals surface area contributed by atoms with Crippen molar-refractivity contribution in [3.05, 3.63) is 58.1 Å². The van der Waals surface area contributed by atoms with Gasteiger partial charge in [0.2, 0.25) is 0 Å². The summed E-state index contributed by atoms with van der Waals surface area (Å²) in [6, 6.07) is 13.7. The van der Waals surface area contributed by atoms with Crippen molar-refractivity contribution in [1.82, 2.24) is 0 Å². The smallest absolute Gasteiger partial charge is 0.119 e. The van der Waals surface area contributed by atoms with Gasteiger partial charge in [0.05, 0.1) is 6.61 Å². The van der Waals surface area contributed by atoms with E-state index in [1.54, 1.807) is 6.07 Å². The maximum absolute atomic E-state index is 6.03. The average Bonchev–Trinajstić information content (AvgIpc) is 2.61. The molecule has 25 heavy (non-hydrogen) atoms. The molecule has 0 radical (unpaired) electrons. The first-order chi connectivity index (χ1) is 12.2. The fraction of sp³-hybridized carbons (Fsp3) is 0.429. The molecule has 4 heteroatoms. The van der Waals surface area contributed by atoms with E-state index >= 15 is 0 Å². The third-order valence-corrected chi connectivity index (χ3v) is 5.23. The summed E-state index contributed by atoms with van der Waals surface area (Å²) < 4.78 is 5.90. The van der Waals surface area contributed by atoms with Crippen molar-refractivity contribution in [2.24, 2.45) is 5.92 Å². The van der Waals surface area contributed by atoms with E-state index in [0.717, 1.165) is 29.5 Å². The van der Waals surface area contributed by atoms with Crippen LogP contribution in [0.4, 0.5) is 5.69 Å². The van der Waals surface area contributed by atoms with E-state index in [2.05, 4.69) is 5.32 Å². The summed E-state index contributed by atoms with van der Waals surface area (Å²) in [4.78, 5) is 0. The molecule has 0 heterocycles. The quantitative estimate of drug-likeness (QED) is 0.563. The second-order valence-electron chi connectivity index (χ2n) is 6.80. The lowest BCUT2D eigenvalue weighted by molar-refractivity contribution is 0.246. The summed E-state index contributed by atoms with van der Waals surface area (Å²) in [5, 5.41) is 4.69. The minimum atomic E-state index is 0.658. The Bertz CT molecular complexity index is 646. The van der Waals surface area contributed by atoms with Crippen LogP contribution in [-0.2, 0) is 6.54 Å². The third kappa shape index (κ3) is 6.13. The van der Waals surface area contributed by atoms with Gasteiger partial charge in [-0.05, 0) is 60.4 Å². The van der Waals surface area contributed by atoms with E-state index in [4.69, 9.17) is 27.9 Å². The third-order valence-electron chi connectivity index (χ3n) is 4.79. The van der Waals surface area contributed by atoms with Crippen molar-refractivity contribution in [3.63, 3.8) is 0 Å². The number of halogens is 2. The fourth-order valence-electron chi connectivity index (χ4n) is 3.41. The zero-order valence-electron chi connectivity index (χ0n) is 14.4. The Kier molecular flexibility index (Phi) is 6.89. The summed E-state index contributed by atoms with van der Waals surface area (Å²) in [6.07, 6.45) is 8.12. The van der Waals surface area contributed by atoms with Crippen LogP contribution in [-0.4, -0.2) is 6.61 Å². The van der Waals surface area contributed by atoms with Gasteiger partial charge in [0.15, 0.2) is 0 Å². The average molecular weight is 378 g/mol. The molecule has 0 aromatic heterocycles. The summed E-state index contributed by atoms with van der Waals surface area (Å²) >= 11 is 12.1. The van der Waals surface area contributed by atoms with Gasteiger partial charge >= 0.3 is 0 Å². The van der Waals surface area contributed by atoms with Crippen LogP contribution < -0.4 is 10.1 Å². The summed E-state index contributed by atoms with van der Waals surface area (Å²) in [7, 11) is 0. The largest absolute Gasteiger partial charge is 0.494 e. The van der Waals surface area contributed by atoms with E-state index in [-0.39, 0.29) is 0 Å². The number of benzene rings is 2. The number of rotatable bonds is 7. The van der Waals surface area contributed by atoms with Crippen LogP contribution in [0.15, 0.2) is 42.5 Å². The van der Waals surface area contributed by atoms with Crippen molar-refractivity contribution in [1.29, 1.82) is 0 Å². The Labute approximate surface area is 160 Å². The van der Waals surface area contributed by atoms with Gasteiger partial charge in [0.25, 0.3) is 0 Å². The van der Waals surface area contributed by atoms with Gasteiger partial charge in [0.1, 0.15) is 5.75 Å². The van der Waals surface area contributed by atoms with E-state index in [1.165, 1.54) is 38.5 Å². The second kappa shape index (κ2) is 9.35. The molecule has 1 saturated carbocycles. The first kappa shape index (κ1) is 18.4. The molecule has 0 unspecified atom stereocenters. The number of ether oxygens (including phenoxy) is 1. The van der Waals surface area contributed by atoms with Crippen LogP contribution in [0.3, 0.4) is 0 Å². The van der Waals surface area contributed by atoms with Gasteiger partial charge in [-0.3, -0.25) is 0 Å². The normalized spacial score (nSPS) is 15.1. The Hall–Kier alpha value is -1.38. The van der Waals surface area contributed by atoms with Gasteiger partial charge in [0, 0.05) is 22.3 Å². The maximum atomic E-state index is 6.03. The molecule has 3 rings (SSSR count). The zero-order valence-corrected chi connectivity index (χ0v) is 16.0. The molecular weight excluding hydrogens is 353 g/mol. The van der Waals surface area contributed by atoms with Gasteiger partial charge in [-0.2, -0.15) is 0 Å². The predicted octanol–water partition coefficient (Wildman–Crippen LogP) is 6.95. The van der Waals surface area contributed by atoms with Crippen LogP contribution in [0.2, 0.25) is 10.0 Å². The van der Waals surface area contributed by atoms with Gasteiger partial charge in [-0.15, -0.1) is 0 Å². The molecule has 1 aliphatic carbocycles. The van der Waals surface area contributed by atoms with E-state index in [1.807, 2.05) is 36.4 Å². The van der Waals surface area contributed by atoms with Gasteiger partial charge in [-0.25, -0.2) is 0 Å². The highest BCUT2D eigenvalue weighted by atomic mass is 35.5. The Morgan fingerprint density at radius 3 is 2.28 bits per heavy atom. The molecule has 1 N–H and O–H groups in total. The minimum Gasteiger partial charge on any atom is -0.494 e. The van der Waals surface area contributed by atoms with Crippen molar-refractivity contribution in [3.8, 4) is 5.75 Å². The van der Waals surface area contributed by atoms with Crippen LogP contribution >= 0.6 is 23.2 Å². The molecular formula is C21H25Cl2NO. The second-order valence-corrected chi connectivity index (χ2v) is 7.67. The summed E-state index contributed by atoms with van der Waals surface area (Å²) in [6.45, 7) is 1.50. The van der Waals surface area contributed by atoms with Crippen LogP contribution in [0.25, 0.3) is 0 Å². The topological polar surface area (TPSA) is 21.3 Å². The number of nitrogens with one attached hydrogen (secondary N) is 1. The highest BCUT2D eigenvalue weighted by molar-refractivity contribution is 6.34. The minimum absolute atomic E-state index is 0.658. The lowest BCUT2D eigenvalue weighted by atomic mass is 9.87. The zero-order chi connectivity index (χ0) is 17.5. The molecule has 134 valence electrons. The van der Waals surface area contributed by atoms with Gasteiger partial charge < -0.3 is 10.1 Å². The fourth-order valence-corrected chi connectivity index (χ4v) is 3.98. The lowest BCUT2D eigenvalue weighted by Gasteiger charge is -2.21. The number of anilines is 1. The maximum Gasteiger partial charge on any atom is 0.119 e. The molecule has 2 aromatic carbocycles. The van der Waals surface area contributed by atoms with Crippen molar-refractivity contribution < 1.29 is 4.74 Å². The molecule has 0 saturated heterocycles. The molecule has 2 nitrogen and oxygen atoms in total. The van der Waals surface area contributed by atoms with Crippen molar-refractivity contribution in [2.75, 3.05) is 11.9 Å². The Morgan fingerprint density at radius 1 is 0.920 bits per heavy atom. The number of hydrogen-bond donors (Lipinski definition) is 1. The molecule has 0 atom stereocenters.